The van der Waals surface area contributed by atoms with Gasteiger partial charge in [-0.2, -0.15) is 11.8 Å². The van der Waals surface area contributed by atoms with Crippen LogP contribution in [-0.4, -0.2) is 59.9 Å². The zero-order valence-corrected chi connectivity index (χ0v) is 13.3. The van der Waals surface area contributed by atoms with Crippen molar-refractivity contribution in [1.29, 1.82) is 0 Å². The van der Waals surface area contributed by atoms with Crippen LogP contribution in [0.15, 0.2) is 0 Å². The molecule has 2 aliphatic rings. The highest BCUT2D eigenvalue weighted by Gasteiger charge is 2.26. The van der Waals surface area contributed by atoms with Crippen molar-refractivity contribution in [2.24, 2.45) is 5.92 Å². The van der Waals surface area contributed by atoms with Gasteiger partial charge in [-0.15, -0.1) is 0 Å². The molecular formula is C15H28N2OS. The fraction of sp³-hybridized carbons (Fsp3) is 0.933. The third kappa shape index (κ3) is 4.67. The molecule has 0 bridgehead atoms. The largest absolute Gasteiger partial charge is 0.342 e. The zero-order valence-electron chi connectivity index (χ0n) is 12.4. The fourth-order valence-electron chi connectivity index (χ4n) is 3.27. The van der Waals surface area contributed by atoms with E-state index in [0.29, 0.717) is 17.1 Å². The summed E-state index contributed by atoms with van der Waals surface area (Å²) in [7, 11) is 2.16. The second-order valence-electron chi connectivity index (χ2n) is 6.03. The molecule has 0 aromatic carbocycles. The molecule has 110 valence electrons. The van der Waals surface area contributed by atoms with Crippen LogP contribution in [0.3, 0.4) is 0 Å². The maximum absolute atomic E-state index is 12.5. The molecule has 0 spiro atoms. The van der Waals surface area contributed by atoms with Gasteiger partial charge in [-0.3, -0.25) is 4.79 Å². The van der Waals surface area contributed by atoms with Crippen LogP contribution in [0.1, 0.15) is 39.0 Å². The molecule has 2 unspecified atom stereocenters. The molecule has 0 saturated carbocycles. The molecule has 0 aromatic rings. The summed E-state index contributed by atoms with van der Waals surface area (Å²) in [6.07, 6.45) is 5.73. The van der Waals surface area contributed by atoms with Crippen LogP contribution in [0, 0.1) is 5.92 Å². The van der Waals surface area contributed by atoms with E-state index in [9.17, 15) is 4.79 Å². The molecule has 4 heteroatoms. The highest BCUT2D eigenvalue weighted by atomic mass is 32.2. The van der Waals surface area contributed by atoms with Crippen molar-refractivity contribution >= 4 is 17.7 Å². The number of likely N-dealkylation sites (tertiary alicyclic amines) is 2. The summed E-state index contributed by atoms with van der Waals surface area (Å²) in [4.78, 5) is 17.0. The molecule has 0 radical (unpaired) electrons. The predicted octanol–water partition coefficient (Wildman–Crippen LogP) is 2.46. The van der Waals surface area contributed by atoms with Gasteiger partial charge in [0.1, 0.15) is 0 Å². The predicted molar refractivity (Wildman–Crippen MR) is 82.6 cm³/mol. The van der Waals surface area contributed by atoms with Gasteiger partial charge in [0.25, 0.3) is 0 Å². The van der Waals surface area contributed by atoms with Gasteiger partial charge in [0.15, 0.2) is 0 Å². The number of thioether (sulfide) groups is 1. The minimum absolute atomic E-state index is 0.406. The summed E-state index contributed by atoms with van der Waals surface area (Å²) in [5.41, 5.74) is 0. The van der Waals surface area contributed by atoms with E-state index in [1.165, 1.54) is 31.4 Å². The van der Waals surface area contributed by atoms with Crippen molar-refractivity contribution in [1.82, 2.24) is 9.80 Å². The van der Waals surface area contributed by atoms with E-state index in [1.807, 2.05) is 11.8 Å². The fourth-order valence-corrected chi connectivity index (χ4v) is 4.36. The van der Waals surface area contributed by atoms with Crippen LogP contribution in [0.25, 0.3) is 0 Å². The minimum atomic E-state index is 0.406. The van der Waals surface area contributed by atoms with Gasteiger partial charge in [0, 0.05) is 31.3 Å². The summed E-state index contributed by atoms with van der Waals surface area (Å²) in [5.74, 6) is 2.17. The smallest absolute Gasteiger partial charge is 0.222 e. The molecule has 2 atom stereocenters. The van der Waals surface area contributed by atoms with Crippen LogP contribution in [-0.2, 0) is 4.79 Å². The molecule has 2 aliphatic heterocycles. The Bertz CT molecular complexity index is 298. The van der Waals surface area contributed by atoms with E-state index in [0.717, 1.165) is 32.6 Å². The quantitative estimate of drug-likeness (QED) is 0.792. The van der Waals surface area contributed by atoms with Crippen LogP contribution in [0.2, 0.25) is 0 Å². The first-order valence-corrected chi connectivity index (χ1v) is 8.81. The van der Waals surface area contributed by atoms with Crippen LogP contribution in [0.4, 0.5) is 0 Å². The average molecular weight is 284 g/mol. The van der Waals surface area contributed by atoms with E-state index < -0.39 is 0 Å². The number of rotatable bonds is 4. The summed E-state index contributed by atoms with van der Waals surface area (Å²) in [5, 5.41) is 0.669. The van der Waals surface area contributed by atoms with E-state index in [2.05, 4.69) is 23.8 Å². The molecule has 0 aromatic heterocycles. The first kappa shape index (κ1) is 15.2. The highest BCUT2D eigenvalue weighted by Crippen LogP contribution is 2.24. The van der Waals surface area contributed by atoms with E-state index >= 15 is 0 Å². The van der Waals surface area contributed by atoms with Crippen molar-refractivity contribution in [3.8, 4) is 0 Å². The van der Waals surface area contributed by atoms with Gasteiger partial charge in [-0.1, -0.05) is 13.3 Å². The van der Waals surface area contributed by atoms with Crippen molar-refractivity contribution in [3.63, 3.8) is 0 Å². The van der Waals surface area contributed by atoms with Crippen molar-refractivity contribution < 1.29 is 4.79 Å². The maximum Gasteiger partial charge on any atom is 0.222 e. The lowest BCUT2D eigenvalue weighted by molar-refractivity contribution is -0.132. The highest BCUT2D eigenvalue weighted by molar-refractivity contribution is 7.99. The molecule has 2 saturated heterocycles. The van der Waals surface area contributed by atoms with Crippen molar-refractivity contribution in [2.75, 3.05) is 39.0 Å². The van der Waals surface area contributed by atoms with Gasteiger partial charge in [0.2, 0.25) is 5.91 Å². The van der Waals surface area contributed by atoms with Gasteiger partial charge in [-0.25, -0.2) is 0 Å². The Morgan fingerprint density at radius 3 is 2.74 bits per heavy atom. The second-order valence-corrected chi connectivity index (χ2v) is 7.61. The Balaban J connectivity index is 1.82. The number of nitrogens with zero attached hydrogens (tertiary/aromatic N) is 2. The summed E-state index contributed by atoms with van der Waals surface area (Å²) >= 11 is 2.03. The van der Waals surface area contributed by atoms with Crippen LogP contribution in [0.5, 0.6) is 0 Å². The molecule has 0 aliphatic carbocycles. The third-order valence-electron chi connectivity index (χ3n) is 4.34. The lowest BCUT2D eigenvalue weighted by atomic mass is 10.0. The number of hydrogen-bond acceptors (Lipinski definition) is 3. The lowest BCUT2D eigenvalue weighted by Crippen LogP contribution is -2.36. The van der Waals surface area contributed by atoms with E-state index in [1.54, 1.807) is 0 Å². The number of carbonyl (C=O) groups is 1. The number of amides is 1. The minimum Gasteiger partial charge on any atom is -0.342 e. The lowest BCUT2D eigenvalue weighted by Gasteiger charge is -2.25. The summed E-state index contributed by atoms with van der Waals surface area (Å²) < 4.78 is 0. The molecule has 2 fully saturated rings. The number of carbonyl (C=O) groups excluding carboxylic acids is 1. The SMILES string of the molecule is CCSC1CCCCN(C(=O)CC2CCN(C)C2)C1. The standard InChI is InChI=1S/C15H28N2OS/c1-3-19-14-6-4-5-8-17(12-14)15(18)10-13-7-9-16(2)11-13/h13-14H,3-12H2,1-2H3. The molecule has 3 nitrogen and oxygen atoms in total. The van der Waals surface area contributed by atoms with Gasteiger partial charge < -0.3 is 9.80 Å². The molecule has 0 N–H and O–H groups in total. The first-order chi connectivity index (χ1) is 9.19. The Labute approximate surface area is 122 Å². The van der Waals surface area contributed by atoms with Gasteiger partial charge in [0.05, 0.1) is 0 Å². The zero-order chi connectivity index (χ0) is 13.7. The maximum atomic E-state index is 12.5. The normalized spacial score (nSPS) is 29.5. The molecule has 19 heavy (non-hydrogen) atoms. The average Bonchev–Trinajstić information content (AvgIpc) is 2.65. The Morgan fingerprint density at radius 2 is 2.05 bits per heavy atom. The van der Waals surface area contributed by atoms with E-state index in [-0.39, 0.29) is 0 Å². The van der Waals surface area contributed by atoms with E-state index in [4.69, 9.17) is 0 Å². The third-order valence-corrected chi connectivity index (χ3v) is 5.52. The first-order valence-electron chi connectivity index (χ1n) is 7.77. The van der Waals surface area contributed by atoms with Crippen molar-refractivity contribution in [3.05, 3.63) is 0 Å². The van der Waals surface area contributed by atoms with Gasteiger partial charge in [-0.05, 0) is 44.5 Å². The molecular weight excluding hydrogens is 256 g/mol. The molecule has 2 rings (SSSR count). The van der Waals surface area contributed by atoms with Crippen molar-refractivity contribution in [2.45, 2.75) is 44.3 Å². The van der Waals surface area contributed by atoms with Crippen LogP contribution >= 0.6 is 11.8 Å². The Hall–Kier alpha value is -0.220. The van der Waals surface area contributed by atoms with Crippen LogP contribution < -0.4 is 0 Å². The second kappa shape index (κ2) is 7.53. The summed E-state index contributed by atoms with van der Waals surface area (Å²) in [6, 6.07) is 0. The topological polar surface area (TPSA) is 23.6 Å². The molecule has 2 heterocycles. The monoisotopic (exact) mass is 284 g/mol. The Morgan fingerprint density at radius 1 is 1.21 bits per heavy atom. The van der Waals surface area contributed by atoms with Gasteiger partial charge >= 0.3 is 0 Å². The molecule has 1 amide bonds. The Kier molecular flexibility index (Phi) is 6.02. The number of hydrogen-bond donors (Lipinski definition) is 0. The summed E-state index contributed by atoms with van der Waals surface area (Å²) in [6.45, 7) is 6.46.